The quantitative estimate of drug-likeness (QED) is 0.602. The number of carbonyl (C=O) groups excluding carboxylic acids is 1. The summed E-state index contributed by atoms with van der Waals surface area (Å²) >= 11 is 0. The number of benzene rings is 1. The van der Waals surface area contributed by atoms with Gasteiger partial charge in [-0.3, -0.25) is 4.79 Å². The standard InChI is InChI=1S/C21H26N8O2/c1-3-29-20-18(24-25-29)19(22-14-23-20)28-12-15(13-28)21(30)27-9-7-26(8-10-27)16-5-4-6-17(11-16)31-2/h4-6,11,14-15H,3,7-10,12-13H2,1-2H3. The van der Waals surface area contributed by atoms with Gasteiger partial charge in [-0.1, -0.05) is 11.3 Å². The summed E-state index contributed by atoms with van der Waals surface area (Å²) in [5.74, 6) is 1.83. The monoisotopic (exact) mass is 422 g/mol. The molecule has 0 atom stereocenters. The topological polar surface area (TPSA) is 92.5 Å². The second kappa shape index (κ2) is 8.01. The van der Waals surface area contributed by atoms with E-state index in [0.29, 0.717) is 25.2 Å². The SMILES string of the molecule is CCn1nnc2c(N3CC(C(=O)N4CCN(c5cccc(OC)c5)CC4)C3)ncnc21. The highest BCUT2D eigenvalue weighted by atomic mass is 16.5. The van der Waals surface area contributed by atoms with Gasteiger partial charge in [0.15, 0.2) is 17.0 Å². The van der Waals surface area contributed by atoms with Crippen LogP contribution in [0.2, 0.25) is 0 Å². The Kier molecular flexibility index (Phi) is 5.05. The average molecular weight is 422 g/mol. The Morgan fingerprint density at radius 1 is 1.13 bits per heavy atom. The Labute approximate surface area is 180 Å². The number of aryl methyl sites for hydroxylation is 1. The van der Waals surface area contributed by atoms with Crippen molar-refractivity contribution in [3.05, 3.63) is 30.6 Å². The van der Waals surface area contributed by atoms with Crippen LogP contribution in [0.5, 0.6) is 5.75 Å². The lowest BCUT2D eigenvalue weighted by Crippen LogP contribution is -2.58. The van der Waals surface area contributed by atoms with Gasteiger partial charge in [-0.05, 0) is 19.1 Å². The van der Waals surface area contributed by atoms with E-state index in [1.54, 1.807) is 18.1 Å². The van der Waals surface area contributed by atoms with Crippen LogP contribution >= 0.6 is 0 Å². The molecule has 0 N–H and O–H groups in total. The predicted octanol–water partition coefficient (Wildman–Crippen LogP) is 1.03. The van der Waals surface area contributed by atoms with Gasteiger partial charge in [-0.2, -0.15) is 0 Å². The number of anilines is 2. The van der Waals surface area contributed by atoms with Crippen molar-refractivity contribution in [3.8, 4) is 5.75 Å². The number of ether oxygens (including phenoxy) is 1. The Morgan fingerprint density at radius 3 is 2.68 bits per heavy atom. The van der Waals surface area contributed by atoms with Gasteiger partial charge in [0.1, 0.15) is 12.1 Å². The van der Waals surface area contributed by atoms with Crippen molar-refractivity contribution >= 4 is 28.6 Å². The number of hydrogen-bond donors (Lipinski definition) is 0. The van der Waals surface area contributed by atoms with E-state index >= 15 is 0 Å². The van der Waals surface area contributed by atoms with E-state index < -0.39 is 0 Å². The zero-order valence-electron chi connectivity index (χ0n) is 17.8. The molecule has 2 aliphatic rings. The summed E-state index contributed by atoms with van der Waals surface area (Å²) in [4.78, 5) is 28.1. The molecule has 0 radical (unpaired) electrons. The fourth-order valence-electron chi connectivity index (χ4n) is 4.28. The molecule has 0 spiro atoms. The van der Waals surface area contributed by atoms with Crippen LogP contribution in [0.3, 0.4) is 0 Å². The van der Waals surface area contributed by atoms with Crippen LogP contribution in [0.15, 0.2) is 30.6 Å². The number of hydrogen-bond acceptors (Lipinski definition) is 8. The molecule has 2 fully saturated rings. The molecule has 2 saturated heterocycles. The van der Waals surface area contributed by atoms with E-state index in [-0.39, 0.29) is 11.8 Å². The van der Waals surface area contributed by atoms with Crippen LogP contribution in [0.1, 0.15) is 6.92 Å². The lowest BCUT2D eigenvalue weighted by atomic mass is 9.98. The second-order valence-corrected chi connectivity index (χ2v) is 7.89. The number of nitrogens with zero attached hydrogens (tertiary/aromatic N) is 8. The minimum atomic E-state index is -0.00500. The molecule has 4 heterocycles. The average Bonchev–Trinajstić information content (AvgIpc) is 3.22. The van der Waals surface area contributed by atoms with Crippen molar-refractivity contribution in [1.82, 2.24) is 29.9 Å². The number of amides is 1. The summed E-state index contributed by atoms with van der Waals surface area (Å²) in [5.41, 5.74) is 2.56. The molecule has 0 bridgehead atoms. The first-order valence-electron chi connectivity index (χ1n) is 10.6. The number of rotatable bonds is 5. The van der Waals surface area contributed by atoms with Crippen molar-refractivity contribution in [2.75, 3.05) is 56.2 Å². The van der Waals surface area contributed by atoms with E-state index in [9.17, 15) is 4.79 Å². The smallest absolute Gasteiger partial charge is 0.229 e. The van der Waals surface area contributed by atoms with Gasteiger partial charge >= 0.3 is 0 Å². The third-order valence-electron chi connectivity index (χ3n) is 6.12. The molecule has 2 aromatic heterocycles. The number of piperazine rings is 1. The molecule has 1 aromatic carbocycles. The molecule has 5 rings (SSSR count). The summed E-state index contributed by atoms with van der Waals surface area (Å²) in [6.07, 6.45) is 1.54. The van der Waals surface area contributed by atoms with Crippen molar-refractivity contribution < 1.29 is 9.53 Å². The lowest BCUT2D eigenvalue weighted by molar-refractivity contribution is -0.136. The van der Waals surface area contributed by atoms with Crippen molar-refractivity contribution in [2.24, 2.45) is 5.92 Å². The molecule has 0 aliphatic carbocycles. The summed E-state index contributed by atoms with van der Waals surface area (Å²) in [6, 6.07) is 8.07. The van der Waals surface area contributed by atoms with E-state index in [1.807, 2.05) is 30.0 Å². The summed E-state index contributed by atoms with van der Waals surface area (Å²) < 4.78 is 7.08. The zero-order valence-corrected chi connectivity index (χ0v) is 17.8. The zero-order chi connectivity index (χ0) is 21.4. The second-order valence-electron chi connectivity index (χ2n) is 7.89. The predicted molar refractivity (Wildman–Crippen MR) is 116 cm³/mol. The van der Waals surface area contributed by atoms with Crippen LogP contribution in [0.4, 0.5) is 11.5 Å². The third-order valence-corrected chi connectivity index (χ3v) is 6.12. The van der Waals surface area contributed by atoms with Crippen LogP contribution in [0, 0.1) is 5.92 Å². The maximum atomic E-state index is 13.0. The maximum Gasteiger partial charge on any atom is 0.229 e. The molecule has 31 heavy (non-hydrogen) atoms. The largest absolute Gasteiger partial charge is 0.497 e. The first kappa shape index (κ1) is 19.5. The van der Waals surface area contributed by atoms with Crippen molar-refractivity contribution in [1.29, 1.82) is 0 Å². The van der Waals surface area contributed by atoms with Crippen LogP contribution in [-0.4, -0.2) is 82.1 Å². The van der Waals surface area contributed by atoms with E-state index in [4.69, 9.17) is 4.74 Å². The van der Waals surface area contributed by atoms with Gasteiger partial charge in [0.25, 0.3) is 0 Å². The van der Waals surface area contributed by atoms with E-state index in [2.05, 4.69) is 36.1 Å². The van der Waals surface area contributed by atoms with Gasteiger partial charge in [0.05, 0.1) is 13.0 Å². The molecule has 10 heteroatoms. The minimum absolute atomic E-state index is 0.00500. The Morgan fingerprint density at radius 2 is 1.94 bits per heavy atom. The van der Waals surface area contributed by atoms with Gasteiger partial charge < -0.3 is 19.4 Å². The fourth-order valence-corrected chi connectivity index (χ4v) is 4.28. The molecule has 0 saturated carbocycles. The lowest BCUT2D eigenvalue weighted by Gasteiger charge is -2.43. The van der Waals surface area contributed by atoms with Gasteiger partial charge in [-0.25, -0.2) is 14.6 Å². The summed E-state index contributed by atoms with van der Waals surface area (Å²) in [7, 11) is 1.68. The van der Waals surface area contributed by atoms with Crippen LogP contribution in [0.25, 0.3) is 11.2 Å². The maximum absolute atomic E-state index is 13.0. The molecule has 0 unspecified atom stereocenters. The fraction of sp³-hybridized carbons (Fsp3) is 0.476. The molecule has 3 aromatic rings. The highest BCUT2D eigenvalue weighted by Gasteiger charge is 2.38. The van der Waals surface area contributed by atoms with Gasteiger partial charge in [-0.15, -0.1) is 5.10 Å². The number of aromatic nitrogens is 5. The number of methoxy groups -OCH3 is 1. The van der Waals surface area contributed by atoms with Gasteiger partial charge in [0.2, 0.25) is 5.91 Å². The third kappa shape index (κ3) is 3.51. The van der Waals surface area contributed by atoms with Crippen molar-refractivity contribution in [2.45, 2.75) is 13.5 Å². The molecular weight excluding hydrogens is 396 g/mol. The molecule has 2 aliphatic heterocycles. The van der Waals surface area contributed by atoms with E-state index in [1.165, 1.54) is 0 Å². The molecule has 1 amide bonds. The first-order chi connectivity index (χ1) is 15.2. The number of fused-ring (bicyclic) bond motifs is 1. The Bertz CT molecular complexity index is 1090. The highest BCUT2D eigenvalue weighted by Crippen LogP contribution is 2.29. The normalized spacial score (nSPS) is 17.2. The van der Waals surface area contributed by atoms with Crippen LogP contribution < -0.4 is 14.5 Å². The van der Waals surface area contributed by atoms with Gasteiger partial charge in [0, 0.05) is 57.6 Å². The Hall–Kier alpha value is -3.43. The minimum Gasteiger partial charge on any atom is -0.497 e. The summed E-state index contributed by atoms with van der Waals surface area (Å²) in [6.45, 7) is 7.12. The molecule has 10 nitrogen and oxygen atoms in total. The number of carbonyl (C=O) groups is 1. The first-order valence-corrected chi connectivity index (χ1v) is 10.6. The van der Waals surface area contributed by atoms with Crippen LogP contribution in [-0.2, 0) is 11.3 Å². The van der Waals surface area contributed by atoms with E-state index in [0.717, 1.165) is 49.1 Å². The Balaban J connectivity index is 1.18. The molecule has 162 valence electrons. The van der Waals surface area contributed by atoms with Crippen molar-refractivity contribution in [3.63, 3.8) is 0 Å². The molecular formula is C21H26N8O2. The summed E-state index contributed by atoms with van der Waals surface area (Å²) in [5, 5.41) is 8.37. The highest BCUT2D eigenvalue weighted by molar-refractivity contribution is 5.86.